The van der Waals surface area contributed by atoms with Gasteiger partial charge >= 0.3 is 0 Å². The van der Waals surface area contributed by atoms with E-state index in [9.17, 15) is 9.59 Å². The van der Waals surface area contributed by atoms with Gasteiger partial charge in [-0.1, -0.05) is 30.3 Å². The van der Waals surface area contributed by atoms with E-state index in [0.29, 0.717) is 31.0 Å². The number of piperidine rings is 1. The molecule has 0 N–H and O–H groups in total. The summed E-state index contributed by atoms with van der Waals surface area (Å²) in [6.07, 6.45) is 4.43. The highest BCUT2D eigenvalue weighted by molar-refractivity contribution is 6.35. The van der Waals surface area contributed by atoms with Gasteiger partial charge in [-0.3, -0.25) is 9.59 Å². The molecule has 1 unspecified atom stereocenters. The summed E-state index contributed by atoms with van der Waals surface area (Å²) in [7, 11) is 2.15. The molecule has 4 aliphatic heterocycles. The van der Waals surface area contributed by atoms with Gasteiger partial charge in [-0.2, -0.15) is 0 Å². The lowest BCUT2D eigenvalue weighted by atomic mass is 9.77. The number of ether oxygens (including phenoxy) is 1. The fourth-order valence-corrected chi connectivity index (χ4v) is 7.17. The Kier molecular flexibility index (Phi) is 6.99. The number of rotatable bonds is 3. The Labute approximate surface area is 239 Å². The molecule has 2 atom stereocenters. The Morgan fingerprint density at radius 2 is 1.95 bits per heavy atom. The number of anilines is 1. The zero-order chi connectivity index (χ0) is 28.2. The molecule has 3 fully saturated rings. The SMILES string of the molecule is C=CC(=O)N1CCN2C(=O)c3c(N4CC5(CCN(C)CC5)C[C@@H]4C)nc(-c4ccccc4F)c(Cl)c3OCC2C1. The molecule has 10 heteroatoms. The van der Waals surface area contributed by atoms with E-state index in [2.05, 4.69) is 30.4 Å². The number of fused-ring (bicyclic) bond motifs is 2. The van der Waals surface area contributed by atoms with Crippen molar-refractivity contribution in [2.45, 2.75) is 38.3 Å². The first-order chi connectivity index (χ1) is 19.2. The molecule has 3 saturated heterocycles. The predicted molar refractivity (Wildman–Crippen MR) is 152 cm³/mol. The van der Waals surface area contributed by atoms with Crippen LogP contribution in [0.3, 0.4) is 0 Å². The summed E-state index contributed by atoms with van der Waals surface area (Å²) >= 11 is 6.92. The highest BCUT2D eigenvalue weighted by atomic mass is 35.5. The van der Waals surface area contributed by atoms with Gasteiger partial charge in [-0.15, -0.1) is 0 Å². The largest absolute Gasteiger partial charge is 0.489 e. The van der Waals surface area contributed by atoms with Crippen LogP contribution in [-0.2, 0) is 4.79 Å². The summed E-state index contributed by atoms with van der Waals surface area (Å²) in [4.78, 5) is 39.6. The van der Waals surface area contributed by atoms with Crippen molar-refractivity contribution in [3.8, 4) is 17.0 Å². The number of carbonyl (C=O) groups is 2. The van der Waals surface area contributed by atoms with Gasteiger partial charge in [-0.05, 0) is 69.9 Å². The van der Waals surface area contributed by atoms with Gasteiger partial charge in [0.2, 0.25) is 5.91 Å². The minimum Gasteiger partial charge on any atom is -0.489 e. The molecule has 5 heterocycles. The van der Waals surface area contributed by atoms with Crippen molar-refractivity contribution in [2.75, 3.05) is 57.8 Å². The van der Waals surface area contributed by atoms with E-state index < -0.39 is 5.82 Å². The van der Waals surface area contributed by atoms with Crippen molar-refractivity contribution in [1.82, 2.24) is 19.7 Å². The Balaban J connectivity index is 1.46. The molecule has 0 bridgehead atoms. The average molecular weight is 568 g/mol. The highest BCUT2D eigenvalue weighted by Crippen LogP contribution is 2.49. The number of nitrogens with zero attached hydrogens (tertiary/aromatic N) is 5. The van der Waals surface area contributed by atoms with E-state index in [1.165, 1.54) is 12.1 Å². The normalized spacial score (nSPS) is 24.4. The van der Waals surface area contributed by atoms with Crippen molar-refractivity contribution in [1.29, 1.82) is 0 Å². The van der Waals surface area contributed by atoms with Gasteiger partial charge in [0.05, 0.1) is 11.7 Å². The second-order valence-corrected chi connectivity index (χ2v) is 12.1. The van der Waals surface area contributed by atoms with E-state index in [1.54, 1.807) is 28.0 Å². The zero-order valence-corrected chi connectivity index (χ0v) is 23.8. The Hall–Kier alpha value is -3.17. The molecule has 1 aromatic heterocycles. The van der Waals surface area contributed by atoms with Crippen molar-refractivity contribution in [2.24, 2.45) is 5.41 Å². The molecule has 212 valence electrons. The van der Waals surface area contributed by atoms with Crippen LogP contribution in [0.4, 0.5) is 10.2 Å². The first-order valence-corrected chi connectivity index (χ1v) is 14.4. The predicted octanol–water partition coefficient (Wildman–Crippen LogP) is 4.08. The lowest BCUT2D eigenvalue weighted by molar-refractivity contribution is -0.128. The molecular formula is C30H35ClFN5O3. The highest BCUT2D eigenvalue weighted by Gasteiger charge is 2.47. The van der Waals surface area contributed by atoms with Gasteiger partial charge in [0.15, 0.2) is 5.75 Å². The molecule has 1 aromatic carbocycles. The van der Waals surface area contributed by atoms with Crippen molar-refractivity contribution < 1.29 is 18.7 Å². The first kappa shape index (κ1) is 27.0. The van der Waals surface area contributed by atoms with E-state index in [0.717, 1.165) is 38.9 Å². The number of amides is 2. The molecule has 0 radical (unpaired) electrons. The number of hydrogen-bond acceptors (Lipinski definition) is 6. The van der Waals surface area contributed by atoms with Crippen molar-refractivity contribution >= 4 is 29.2 Å². The van der Waals surface area contributed by atoms with Crippen LogP contribution in [-0.4, -0.2) is 96.5 Å². The Bertz CT molecular complexity index is 1360. The molecule has 2 amide bonds. The third-order valence-electron chi connectivity index (χ3n) is 9.15. The lowest BCUT2D eigenvalue weighted by Crippen LogP contribution is -2.57. The van der Waals surface area contributed by atoms with E-state index in [1.807, 2.05) is 0 Å². The summed E-state index contributed by atoms with van der Waals surface area (Å²) in [5, 5.41) is 0.122. The maximum absolute atomic E-state index is 15.1. The smallest absolute Gasteiger partial charge is 0.261 e. The fraction of sp³-hybridized carbons (Fsp3) is 0.500. The van der Waals surface area contributed by atoms with E-state index >= 15 is 4.39 Å². The summed E-state index contributed by atoms with van der Waals surface area (Å²) in [6, 6.07) is 6.16. The third kappa shape index (κ3) is 4.53. The van der Waals surface area contributed by atoms with Crippen LogP contribution in [0.2, 0.25) is 5.02 Å². The number of halogens is 2. The second-order valence-electron chi connectivity index (χ2n) is 11.7. The molecule has 8 nitrogen and oxygen atoms in total. The molecule has 0 aliphatic carbocycles. The molecule has 4 aliphatic rings. The minimum atomic E-state index is -0.444. The molecule has 1 spiro atoms. The quantitative estimate of drug-likeness (QED) is 0.521. The van der Waals surface area contributed by atoms with Crippen LogP contribution in [0.25, 0.3) is 11.3 Å². The van der Waals surface area contributed by atoms with Crippen LogP contribution < -0.4 is 9.64 Å². The number of pyridine rings is 1. The molecular weight excluding hydrogens is 533 g/mol. The monoisotopic (exact) mass is 567 g/mol. The van der Waals surface area contributed by atoms with Crippen molar-refractivity contribution in [3.05, 3.63) is 53.3 Å². The Morgan fingerprint density at radius 3 is 2.67 bits per heavy atom. The van der Waals surface area contributed by atoms with Gasteiger partial charge in [-0.25, -0.2) is 9.37 Å². The van der Waals surface area contributed by atoms with E-state index in [4.69, 9.17) is 21.3 Å². The van der Waals surface area contributed by atoms with Gasteiger partial charge in [0, 0.05) is 37.8 Å². The maximum Gasteiger partial charge on any atom is 0.261 e. The van der Waals surface area contributed by atoms with Gasteiger partial charge in [0.1, 0.15) is 28.8 Å². The molecule has 6 rings (SSSR count). The minimum absolute atomic E-state index is 0.122. The number of hydrogen-bond donors (Lipinski definition) is 0. The molecule has 0 saturated carbocycles. The molecule has 40 heavy (non-hydrogen) atoms. The average Bonchev–Trinajstić information content (AvgIpc) is 3.20. The van der Waals surface area contributed by atoms with Gasteiger partial charge < -0.3 is 24.3 Å². The Morgan fingerprint density at radius 1 is 1.20 bits per heavy atom. The fourth-order valence-electron chi connectivity index (χ4n) is 6.87. The summed E-state index contributed by atoms with van der Waals surface area (Å²) in [5.74, 6) is -0.103. The number of benzene rings is 1. The van der Waals surface area contributed by atoms with Crippen molar-refractivity contribution in [3.63, 3.8) is 0 Å². The van der Waals surface area contributed by atoms with Gasteiger partial charge in [0.25, 0.3) is 5.91 Å². The summed E-state index contributed by atoms with van der Waals surface area (Å²) in [6.45, 7) is 9.86. The van der Waals surface area contributed by atoms with Crippen LogP contribution in [0.5, 0.6) is 5.75 Å². The number of likely N-dealkylation sites (tertiary alicyclic amines) is 1. The lowest BCUT2D eigenvalue weighted by Gasteiger charge is -2.39. The van der Waals surface area contributed by atoms with E-state index in [-0.39, 0.29) is 57.9 Å². The van der Waals surface area contributed by atoms with Crippen LogP contribution >= 0.6 is 11.6 Å². The summed E-state index contributed by atoms with van der Waals surface area (Å²) < 4.78 is 21.4. The standard InChI is InChI=1S/C30H35ClFN5O3/c1-4-23(38)35-13-14-36-20(16-35)17-40-27-24(29(36)39)28(33-26(25(27)31)21-7-5-6-8-22(21)32)37-18-30(15-19(37)2)9-11-34(3)12-10-30/h4-8,19-20H,1,9-18H2,2-3H3/t19-,20?/m0/s1. The number of carbonyl (C=O) groups excluding carboxylic acids is 2. The molecule has 2 aromatic rings. The second kappa shape index (κ2) is 10.3. The number of piperazine rings is 1. The van der Waals surface area contributed by atoms with Crippen LogP contribution in [0.15, 0.2) is 36.9 Å². The topological polar surface area (TPSA) is 69.2 Å². The number of aromatic nitrogens is 1. The summed E-state index contributed by atoms with van der Waals surface area (Å²) in [5.41, 5.74) is 0.985. The first-order valence-electron chi connectivity index (χ1n) is 14.0. The third-order valence-corrected chi connectivity index (χ3v) is 9.51. The van der Waals surface area contributed by atoms with Crippen LogP contribution in [0, 0.1) is 11.2 Å². The zero-order valence-electron chi connectivity index (χ0n) is 23.0. The van der Waals surface area contributed by atoms with Crippen LogP contribution in [0.1, 0.15) is 36.5 Å². The maximum atomic E-state index is 15.1.